The summed E-state index contributed by atoms with van der Waals surface area (Å²) < 4.78 is 2.04. The maximum Gasteiger partial charge on any atom is 0.337 e. The molecule has 1 aromatic heterocycles. The van der Waals surface area contributed by atoms with Crippen molar-refractivity contribution in [2.45, 2.75) is 6.54 Å². The highest BCUT2D eigenvalue weighted by atomic mass is 79.9. The summed E-state index contributed by atoms with van der Waals surface area (Å²) in [4.78, 5) is 12.1. The number of benzene rings is 1. The molecule has 0 amide bonds. The summed E-state index contributed by atoms with van der Waals surface area (Å²) in [6.45, 7) is 0.621. The molecule has 19 heavy (non-hydrogen) atoms. The third-order valence-corrected chi connectivity index (χ3v) is 5.95. The summed E-state index contributed by atoms with van der Waals surface area (Å²) >= 11 is 14.3. The minimum absolute atomic E-state index is 0.0974. The van der Waals surface area contributed by atoms with Crippen LogP contribution in [0.5, 0.6) is 0 Å². The Morgan fingerprint density at radius 2 is 2.11 bits per heavy atom. The lowest BCUT2D eigenvalue weighted by Crippen LogP contribution is -2.01. The topological polar surface area (TPSA) is 49.3 Å². The monoisotopic (exact) mass is 423 g/mol. The molecule has 0 atom stereocenters. The molecule has 100 valence electrons. The van der Waals surface area contributed by atoms with Gasteiger partial charge in [0, 0.05) is 21.6 Å². The molecule has 0 aliphatic rings. The first-order valence-corrected chi connectivity index (χ1v) is 7.96. The normalized spacial score (nSPS) is 10.5. The number of carboxylic acid groups (broad SMARTS) is 1. The molecule has 0 bridgehead atoms. The smallest absolute Gasteiger partial charge is 0.337 e. The molecule has 0 saturated carbocycles. The predicted molar refractivity (Wildman–Crippen MR) is 85.5 cm³/mol. The lowest BCUT2D eigenvalue weighted by Gasteiger charge is -2.06. The van der Waals surface area contributed by atoms with Crippen molar-refractivity contribution in [3.05, 3.63) is 48.0 Å². The van der Waals surface area contributed by atoms with E-state index in [9.17, 15) is 4.79 Å². The summed E-state index contributed by atoms with van der Waals surface area (Å²) in [7, 11) is 0. The summed E-state index contributed by atoms with van der Waals surface area (Å²) in [5, 5.41) is 12.4. The zero-order chi connectivity index (χ0) is 14.0. The molecule has 7 heteroatoms. The molecule has 0 radical (unpaired) electrons. The van der Waals surface area contributed by atoms with Crippen molar-refractivity contribution < 1.29 is 9.90 Å². The van der Waals surface area contributed by atoms with Crippen LogP contribution in [0, 0.1) is 0 Å². The van der Waals surface area contributed by atoms with Crippen molar-refractivity contribution in [3.63, 3.8) is 0 Å². The lowest BCUT2D eigenvalue weighted by molar-refractivity contribution is 0.0697. The zero-order valence-electron chi connectivity index (χ0n) is 9.41. The Bertz CT molecular complexity index is 611. The molecule has 2 rings (SSSR count). The van der Waals surface area contributed by atoms with E-state index in [0.29, 0.717) is 6.54 Å². The number of carboxylic acids is 1. The minimum atomic E-state index is -1.03. The van der Waals surface area contributed by atoms with Gasteiger partial charge in [-0.25, -0.2) is 4.79 Å². The van der Waals surface area contributed by atoms with Crippen LogP contribution in [0.25, 0.3) is 0 Å². The molecule has 1 heterocycles. The van der Waals surface area contributed by atoms with Crippen molar-refractivity contribution in [3.8, 4) is 0 Å². The third kappa shape index (κ3) is 3.72. The van der Waals surface area contributed by atoms with Crippen LogP contribution in [0.4, 0.5) is 5.69 Å². The van der Waals surface area contributed by atoms with Crippen LogP contribution >= 0.6 is 54.8 Å². The second-order valence-corrected chi connectivity index (χ2v) is 7.40. The molecule has 0 saturated heterocycles. The number of aromatic carboxylic acids is 1. The summed E-state index contributed by atoms with van der Waals surface area (Å²) in [6, 6.07) is 6.87. The average molecular weight is 426 g/mol. The van der Waals surface area contributed by atoms with Crippen LogP contribution in [0.3, 0.4) is 0 Å². The summed E-state index contributed by atoms with van der Waals surface area (Å²) in [5.74, 6) is -1.03. The Morgan fingerprint density at radius 1 is 1.37 bits per heavy atom. The van der Waals surface area contributed by atoms with Crippen molar-refractivity contribution in [2.75, 3.05) is 5.32 Å². The van der Waals surface area contributed by atoms with E-state index >= 15 is 0 Å². The van der Waals surface area contributed by atoms with Crippen LogP contribution in [0.15, 0.2) is 32.5 Å². The predicted octanol–water partition coefficient (Wildman–Crippen LogP) is 5.24. The fourth-order valence-corrected chi connectivity index (χ4v) is 3.78. The fourth-order valence-electron chi connectivity index (χ4n) is 1.47. The summed E-state index contributed by atoms with van der Waals surface area (Å²) in [6.07, 6.45) is 0. The van der Waals surface area contributed by atoms with E-state index < -0.39 is 5.97 Å². The number of carbonyl (C=O) groups is 1. The molecule has 0 spiro atoms. The highest BCUT2D eigenvalue weighted by Gasteiger charge is 2.09. The van der Waals surface area contributed by atoms with E-state index in [4.69, 9.17) is 16.7 Å². The maximum atomic E-state index is 11.0. The number of nitrogens with one attached hydrogen (secondary N) is 1. The number of rotatable bonds is 4. The van der Waals surface area contributed by atoms with Gasteiger partial charge < -0.3 is 10.4 Å². The molecular formula is C12H8Br2ClNO2S. The Hall–Kier alpha value is -0.560. The van der Waals surface area contributed by atoms with Gasteiger partial charge in [-0.15, -0.1) is 11.3 Å². The SMILES string of the molecule is O=C(O)c1cc(NCc2cc(Br)c(Br)s2)ccc1Cl. The second kappa shape index (κ2) is 6.26. The van der Waals surface area contributed by atoms with E-state index in [0.717, 1.165) is 18.8 Å². The number of anilines is 1. The van der Waals surface area contributed by atoms with Crippen LogP contribution in [0.2, 0.25) is 5.02 Å². The molecule has 3 nitrogen and oxygen atoms in total. The van der Waals surface area contributed by atoms with Gasteiger partial charge in [0.05, 0.1) is 14.4 Å². The van der Waals surface area contributed by atoms with Gasteiger partial charge >= 0.3 is 5.97 Å². The maximum absolute atomic E-state index is 11.0. The minimum Gasteiger partial charge on any atom is -0.478 e. The molecule has 1 aromatic carbocycles. The van der Waals surface area contributed by atoms with Gasteiger partial charge in [-0.1, -0.05) is 11.6 Å². The van der Waals surface area contributed by atoms with Crippen molar-refractivity contribution in [1.29, 1.82) is 0 Å². The van der Waals surface area contributed by atoms with Crippen LogP contribution in [0.1, 0.15) is 15.2 Å². The highest BCUT2D eigenvalue weighted by Crippen LogP contribution is 2.32. The lowest BCUT2D eigenvalue weighted by atomic mass is 10.2. The summed E-state index contributed by atoms with van der Waals surface area (Å²) in [5.41, 5.74) is 0.822. The van der Waals surface area contributed by atoms with E-state index in [1.165, 1.54) is 6.07 Å². The zero-order valence-corrected chi connectivity index (χ0v) is 14.2. The van der Waals surface area contributed by atoms with Crippen LogP contribution in [-0.4, -0.2) is 11.1 Å². The first-order valence-electron chi connectivity index (χ1n) is 5.18. The van der Waals surface area contributed by atoms with E-state index in [-0.39, 0.29) is 10.6 Å². The number of thiophene rings is 1. The number of hydrogen-bond donors (Lipinski definition) is 2. The van der Waals surface area contributed by atoms with E-state index in [2.05, 4.69) is 37.2 Å². The van der Waals surface area contributed by atoms with Gasteiger partial charge in [-0.3, -0.25) is 0 Å². The van der Waals surface area contributed by atoms with Crippen molar-refractivity contribution in [2.24, 2.45) is 0 Å². The molecule has 2 N–H and O–H groups in total. The quantitative estimate of drug-likeness (QED) is 0.705. The third-order valence-electron chi connectivity index (χ3n) is 2.36. The van der Waals surface area contributed by atoms with Gasteiger partial charge in [-0.05, 0) is 56.1 Å². The first kappa shape index (κ1) is 14.8. The van der Waals surface area contributed by atoms with Crippen molar-refractivity contribution in [1.82, 2.24) is 0 Å². The molecule has 0 aliphatic carbocycles. The van der Waals surface area contributed by atoms with E-state index in [1.54, 1.807) is 23.5 Å². The van der Waals surface area contributed by atoms with Gasteiger partial charge in [0.1, 0.15) is 0 Å². The van der Waals surface area contributed by atoms with Gasteiger partial charge in [0.15, 0.2) is 0 Å². The second-order valence-electron chi connectivity index (χ2n) is 3.69. The number of hydrogen-bond acceptors (Lipinski definition) is 3. The van der Waals surface area contributed by atoms with Gasteiger partial charge in [0.25, 0.3) is 0 Å². The molecule has 0 unspecified atom stereocenters. The first-order chi connectivity index (χ1) is 8.97. The van der Waals surface area contributed by atoms with Crippen LogP contribution in [-0.2, 0) is 6.54 Å². The molecule has 0 fully saturated rings. The van der Waals surface area contributed by atoms with E-state index in [1.807, 2.05) is 6.07 Å². The average Bonchev–Trinajstić information content (AvgIpc) is 2.67. The van der Waals surface area contributed by atoms with Crippen LogP contribution < -0.4 is 5.32 Å². The largest absolute Gasteiger partial charge is 0.478 e. The number of halogens is 3. The Balaban J connectivity index is 2.11. The van der Waals surface area contributed by atoms with Gasteiger partial charge in [-0.2, -0.15) is 0 Å². The Morgan fingerprint density at radius 3 is 2.68 bits per heavy atom. The standard InChI is InChI=1S/C12H8Br2ClNO2S/c13-9-4-7(19-11(9)14)5-16-6-1-2-10(15)8(3-6)12(17)18/h1-4,16H,5H2,(H,17,18). The molecule has 2 aromatic rings. The molecular weight excluding hydrogens is 417 g/mol. The Kier molecular flexibility index (Phi) is 4.89. The van der Waals surface area contributed by atoms with Crippen molar-refractivity contribution >= 4 is 66.5 Å². The Labute approximate surface area is 135 Å². The molecule has 0 aliphatic heterocycles. The highest BCUT2D eigenvalue weighted by molar-refractivity contribution is 9.13. The fraction of sp³-hybridized carbons (Fsp3) is 0.0833. The van der Waals surface area contributed by atoms with Gasteiger partial charge in [0.2, 0.25) is 0 Å².